The molecule has 0 N–H and O–H groups in total. The molecule has 0 bridgehead atoms. The molecule has 0 amide bonds. The van der Waals surface area contributed by atoms with Gasteiger partial charge in [0, 0.05) is 25.2 Å². The van der Waals surface area contributed by atoms with Crippen LogP contribution in [0, 0.1) is 0 Å². The van der Waals surface area contributed by atoms with Crippen LogP contribution in [0.4, 0.5) is 5.69 Å². The lowest BCUT2D eigenvalue weighted by atomic mass is 9.84. The van der Waals surface area contributed by atoms with E-state index >= 15 is 0 Å². The largest absolute Gasteiger partial charge is 0.375 e. The van der Waals surface area contributed by atoms with Crippen LogP contribution in [0.1, 0.15) is 50.0 Å². The molecule has 1 saturated carbocycles. The van der Waals surface area contributed by atoms with E-state index in [-0.39, 0.29) is 0 Å². The Labute approximate surface area is 116 Å². The van der Waals surface area contributed by atoms with E-state index in [1.807, 2.05) is 0 Å². The highest BCUT2D eigenvalue weighted by molar-refractivity contribution is 6.17. The molecular formula is C16H24ClN. The van der Waals surface area contributed by atoms with Crippen LogP contribution in [0.25, 0.3) is 0 Å². The fraction of sp³-hybridized carbons (Fsp3) is 0.625. The molecule has 0 atom stereocenters. The van der Waals surface area contributed by atoms with E-state index < -0.39 is 0 Å². The predicted octanol–water partition coefficient (Wildman–Crippen LogP) is 4.80. The lowest BCUT2D eigenvalue weighted by Gasteiger charge is -2.23. The van der Waals surface area contributed by atoms with Crippen LogP contribution in [0.5, 0.6) is 0 Å². The lowest BCUT2D eigenvalue weighted by molar-refractivity contribution is 0.443. The maximum Gasteiger partial charge on any atom is 0.0363 e. The van der Waals surface area contributed by atoms with Crippen molar-refractivity contribution in [2.45, 2.75) is 44.4 Å². The van der Waals surface area contributed by atoms with Crippen LogP contribution >= 0.6 is 11.6 Å². The molecule has 1 aromatic carbocycles. The van der Waals surface area contributed by atoms with Crippen molar-refractivity contribution in [1.82, 2.24) is 0 Å². The monoisotopic (exact) mass is 265 g/mol. The van der Waals surface area contributed by atoms with Gasteiger partial charge in [0.05, 0.1) is 0 Å². The molecule has 0 unspecified atom stereocenters. The molecule has 0 aromatic heterocycles. The van der Waals surface area contributed by atoms with E-state index in [2.05, 4.69) is 36.2 Å². The number of alkyl halides is 1. The van der Waals surface area contributed by atoms with Gasteiger partial charge in [-0.25, -0.2) is 0 Å². The van der Waals surface area contributed by atoms with Crippen LogP contribution in [0.3, 0.4) is 0 Å². The van der Waals surface area contributed by atoms with Gasteiger partial charge >= 0.3 is 0 Å². The first-order valence-corrected chi connectivity index (χ1v) is 7.72. The molecule has 1 aliphatic carbocycles. The Kier molecular flexibility index (Phi) is 5.37. The highest BCUT2D eigenvalue weighted by atomic mass is 35.5. The second-order valence-corrected chi connectivity index (χ2v) is 5.77. The van der Waals surface area contributed by atoms with Crippen molar-refractivity contribution in [2.24, 2.45) is 0 Å². The summed E-state index contributed by atoms with van der Waals surface area (Å²) in [6.45, 7) is 1.03. The first-order valence-electron chi connectivity index (χ1n) is 7.18. The van der Waals surface area contributed by atoms with Crippen LogP contribution < -0.4 is 4.90 Å². The third-order valence-corrected chi connectivity index (χ3v) is 4.30. The van der Waals surface area contributed by atoms with Gasteiger partial charge in [-0.2, -0.15) is 0 Å². The molecule has 1 fully saturated rings. The van der Waals surface area contributed by atoms with Crippen LogP contribution in [-0.2, 0) is 0 Å². The molecule has 2 rings (SSSR count). The van der Waals surface area contributed by atoms with Crippen LogP contribution in [0.2, 0.25) is 0 Å². The Morgan fingerprint density at radius 1 is 1.11 bits per heavy atom. The van der Waals surface area contributed by atoms with E-state index in [9.17, 15) is 0 Å². The van der Waals surface area contributed by atoms with E-state index in [1.165, 1.54) is 43.4 Å². The molecule has 0 aliphatic heterocycles. The quantitative estimate of drug-likeness (QED) is 0.692. The fourth-order valence-corrected chi connectivity index (χ4v) is 2.98. The van der Waals surface area contributed by atoms with Crippen molar-refractivity contribution >= 4 is 17.3 Å². The van der Waals surface area contributed by atoms with Crippen LogP contribution in [0.15, 0.2) is 24.3 Å². The first kappa shape index (κ1) is 13.7. The van der Waals surface area contributed by atoms with Gasteiger partial charge in [0.25, 0.3) is 0 Å². The van der Waals surface area contributed by atoms with Gasteiger partial charge in [0.15, 0.2) is 0 Å². The number of hydrogen-bond donors (Lipinski definition) is 0. The van der Waals surface area contributed by atoms with Crippen molar-refractivity contribution in [3.63, 3.8) is 0 Å². The van der Waals surface area contributed by atoms with E-state index in [4.69, 9.17) is 11.6 Å². The maximum atomic E-state index is 5.73. The molecule has 0 heterocycles. The minimum atomic E-state index is 0.741. The normalized spacial score (nSPS) is 16.8. The summed E-state index contributed by atoms with van der Waals surface area (Å²) >= 11 is 5.73. The number of nitrogens with zero attached hydrogens (tertiary/aromatic N) is 1. The standard InChI is InChI=1S/C16H24ClN/c1-18(13-5-12-17)16-10-8-15(9-11-16)14-6-3-2-4-7-14/h8-11,14H,2-7,12-13H2,1H3. The zero-order valence-electron chi connectivity index (χ0n) is 11.4. The zero-order chi connectivity index (χ0) is 12.8. The van der Waals surface area contributed by atoms with E-state index in [1.54, 1.807) is 0 Å². The van der Waals surface area contributed by atoms with Gasteiger partial charge < -0.3 is 4.90 Å². The number of benzene rings is 1. The number of halogens is 1. The number of anilines is 1. The summed E-state index contributed by atoms with van der Waals surface area (Å²) in [6, 6.07) is 9.17. The second kappa shape index (κ2) is 7.04. The van der Waals surface area contributed by atoms with Gasteiger partial charge in [-0.05, 0) is 42.9 Å². The van der Waals surface area contributed by atoms with Crippen molar-refractivity contribution in [3.8, 4) is 0 Å². The fourth-order valence-electron chi connectivity index (χ4n) is 2.86. The predicted molar refractivity (Wildman–Crippen MR) is 80.9 cm³/mol. The van der Waals surface area contributed by atoms with Gasteiger partial charge in [-0.3, -0.25) is 0 Å². The molecular weight excluding hydrogens is 242 g/mol. The van der Waals surface area contributed by atoms with Gasteiger partial charge in [-0.1, -0.05) is 31.4 Å². The SMILES string of the molecule is CN(CCCCl)c1ccc(C2CCCCC2)cc1. The first-order chi connectivity index (χ1) is 8.81. The molecule has 0 radical (unpaired) electrons. The van der Waals surface area contributed by atoms with E-state index in [0.29, 0.717) is 0 Å². The smallest absolute Gasteiger partial charge is 0.0363 e. The molecule has 2 heteroatoms. The third kappa shape index (κ3) is 3.65. The number of hydrogen-bond acceptors (Lipinski definition) is 1. The Morgan fingerprint density at radius 3 is 2.39 bits per heavy atom. The highest BCUT2D eigenvalue weighted by Gasteiger charge is 2.15. The van der Waals surface area contributed by atoms with Crippen molar-refractivity contribution in [3.05, 3.63) is 29.8 Å². The summed E-state index contributed by atoms with van der Waals surface area (Å²) in [5, 5.41) is 0. The lowest BCUT2D eigenvalue weighted by Crippen LogP contribution is -2.18. The molecule has 1 aromatic rings. The van der Waals surface area contributed by atoms with Crippen molar-refractivity contribution < 1.29 is 0 Å². The zero-order valence-corrected chi connectivity index (χ0v) is 12.1. The minimum Gasteiger partial charge on any atom is -0.375 e. The van der Waals surface area contributed by atoms with Gasteiger partial charge in [0.1, 0.15) is 0 Å². The number of rotatable bonds is 5. The second-order valence-electron chi connectivity index (χ2n) is 5.39. The molecule has 18 heavy (non-hydrogen) atoms. The Morgan fingerprint density at radius 2 is 1.78 bits per heavy atom. The Hall–Kier alpha value is -0.690. The maximum absolute atomic E-state index is 5.73. The Bertz CT molecular complexity index is 341. The Balaban J connectivity index is 1.95. The molecule has 1 aliphatic rings. The van der Waals surface area contributed by atoms with E-state index in [0.717, 1.165) is 24.8 Å². The summed E-state index contributed by atoms with van der Waals surface area (Å²) in [4.78, 5) is 2.28. The average Bonchev–Trinajstić information content (AvgIpc) is 2.46. The summed E-state index contributed by atoms with van der Waals surface area (Å²) in [6.07, 6.45) is 8.03. The van der Waals surface area contributed by atoms with Gasteiger partial charge in [-0.15, -0.1) is 11.6 Å². The molecule has 0 saturated heterocycles. The summed E-state index contributed by atoms with van der Waals surface area (Å²) in [5.41, 5.74) is 2.84. The highest BCUT2D eigenvalue weighted by Crippen LogP contribution is 2.33. The summed E-state index contributed by atoms with van der Waals surface area (Å²) < 4.78 is 0. The van der Waals surface area contributed by atoms with Crippen LogP contribution in [-0.4, -0.2) is 19.5 Å². The van der Waals surface area contributed by atoms with Crippen molar-refractivity contribution in [1.29, 1.82) is 0 Å². The average molecular weight is 266 g/mol. The molecule has 0 spiro atoms. The van der Waals surface area contributed by atoms with Crippen molar-refractivity contribution in [2.75, 3.05) is 24.4 Å². The summed E-state index contributed by atoms with van der Waals surface area (Å²) in [7, 11) is 2.14. The molecule has 100 valence electrons. The third-order valence-electron chi connectivity index (χ3n) is 4.04. The minimum absolute atomic E-state index is 0.741. The van der Waals surface area contributed by atoms with Gasteiger partial charge in [0.2, 0.25) is 0 Å². The molecule has 1 nitrogen and oxygen atoms in total. The topological polar surface area (TPSA) is 3.24 Å². The summed E-state index contributed by atoms with van der Waals surface area (Å²) in [5.74, 6) is 1.55.